The molecular formula is C15H19N3O. The number of carbonyl (C=O) groups excluding carboxylic acids is 1. The monoisotopic (exact) mass is 257 g/mol. The number of hydrogen-bond donors (Lipinski definition) is 2. The van der Waals surface area contributed by atoms with Crippen molar-refractivity contribution in [3.05, 3.63) is 41.6 Å². The van der Waals surface area contributed by atoms with Gasteiger partial charge in [-0.2, -0.15) is 0 Å². The van der Waals surface area contributed by atoms with Crippen molar-refractivity contribution >= 4 is 16.8 Å². The van der Waals surface area contributed by atoms with Gasteiger partial charge in [0.25, 0.3) is 5.91 Å². The van der Waals surface area contributed by atoms with E-state index >= 15 is 0 Å². The molecule has 2 aromatic rings. The Morgan fingerprint density at radius 2 is 2.05 bits per heavy atom. The Kier molecular flexibility index (Phi) is 3.53. The summed E-state index contributed by atoms with van der Waals surface area (Å²) in [5, 5.41) is 3.73. The van der Waals surface area contributed by atoms with E-state index < -0.39 is 5.54 Å². The lowest BCUT2D eigenvalue weighted by molar-refractivity contribution is 0.0947. The normalized spacial score (nSPS) is 11.6. The van der Waals surface area contributed by atoms with Crippen molar-refractivity contribution in [1.29, 1.82) is 0 Å². The summed E-state index contributed by atoms with van der Waals surface area (Å²) in [6.07, 6.45) is 0. The standard InChI is InChI=1S/C15H19N3O/c1-10-8-12(14(19)17-9-15(2,3)16)11-6-4-5-7-13(11)18-10/h4-8H,9,16H2,1-3H3,(H,17,19). The van der Waals surface area contributed by atoms with Crippen LogP contribution >= 0.6 is 0 Å². The largest absolute Gasteiger partial charge is 0.350 e. The summed E-state index contributed by atoms with van der Waals surface area (Å²) in [5.41, 5.74) is 7.76. The van der Waals surface area contributed by atoms with Crippen LogP contribution in [0, 0.1) is 6.92 Å². The molecule has 0 atom stereocenters. The molecule has 1 aromatic heterocycles. The van der Waals surface area contributed by atoms with E-state index in [-0.39, 0.29) is 5.91 Å². The van der Waals surface area contributed by atoms with Crippen LogP contribution in [-0.2, 0) is 0 Å². The van der Waals surface area contributed by atoms with Gasteiger partial charge in [0.1, 0.15) is 0 Å². The van der Waals surface area contributed by atoms with E-state index in [4.69, 9.17) is 5.73 Å². The number of aryl methyl sites for hydroxylation is 1. The Morgan fingerprint density at radius 3 is 2.74 bits per heavy atom. The molecule has 0 saturated heterocycles. The Labute approximate surface area is 113 Å². The van der Waals surface area contributed by atoms with E-state index in [0.717, 1.165) is 16.6 Å². The summed E-state index contributed by atoms with van der Waals surface area (Å²) in [5.74, 6) is -0.111. The summed E-state index contributed by atoms with van der Waals surface area (Å²) in [6, 6.07) is 9.44. The predicted molar refractivity (Wildman–Crippen MR) is 77.1 cm³/mol. The van der Waals surface area contributed by atoms with Crippen LogP contribution in [0.15, 0.2) is 30.3 Å². The van der Waals surface area contributed by atoms with Crippen LogP contribution in [0.3, 0.4) is 0 Å². The van der Waals surface area contributed by atoms with Crippen molar-refractivity contribution in [3.63, 3.8) is 0 Å². The van der Waals surface area contributed by atoms with Gasteiger partial charge in [-0.25, -0.2) is 0 Å². The van der Waals surface area contributed by atoms with Gasteiger partial charge < -0.3 is 11.1 Å². The molecule has 0 radical (unpaired) electrons. The molecule has 0 aliphatic carbocycles. The highest BCUT2D eigenvalue weighted by molar-refractivity contribution is 6.06. The summed E-state index contributed by atoms with van der Waals surface area (Å²) in [4.78, 5) is 16.7. The topological polar surface area (TPSA) is 68.0 Å². The van der Waals surface area contributed by atoms with Crippen LogP contribution in [0.2, 0.25) is 0 Å². The van der Waals surface area contributed by atoms with Crippen molar-refractivity contribution in [3.8, 4) is 0 Å². The summed E-state index contributed by atoms with van der Waals surface area (Å²) in [6.45, 7) is 6.07. The smallest absolute Gasteiger partial charge is 0.252 e. The van der Waals surface area contributed by atoms with E-state index in [1.165, 1.54) is 0 Å². The average Bonchev–Trinajstić information content (AvgIpc) is 2.34. The third-order valence-corrected chi connectivity index (χ3v) is 2.79. The highest BCUT2D eigenvalue weighted by Gasteiger charge is 2.15. The minimum atomic E-state index is -0.423. The molecule has 2 rings (SSSR count). The molecule has 100 valence electrons. The van der Waals surface area contributed by atoms with Crippen LogP contribution in [-0.4, -0.2) is 23.0 Å². The first-order chi connectivity index (χ1) is 8.87. The zero-order chi connectivity index (χ0) is 14.0. The third-order valence-electron chi connectivity index (χ3n) is 2.79. The molecule has 0 unspecified atom stereocenters. The first-order valence-corrected chi connectivity index (χ1v) is 6.30. The quantitative estimate of drug-likeness (QED) is 0.883. The molecule has 4 heteroatoms. The molecule has 3 N–H and O–H groups in total. The second-order valence-electron chi connectivity index (χ2n) is 5.50. The van der Waals surface area contributed by atoms with Gasteiger partial charge in [-0.3, -0.25) is 9.78 Å². The number of nitrogens with zero attached hydrogens (tertiary/aromatic N) is 1. The number of nitrogens with two attached hydrogens (primary N) is 1. The van der Waals surface area contributed by atoms with Gasteiger partial charge in [0.05, 0.1) is 11.1 Å². The lowest BCUT2D eigenvalue weighted by Crippen LogP contribution is -2.45. The Hall–Kier alpha value is -1.94. The van der Waals surface area contributed by atoms with Crippen molar-refractivity contribution in [2.45, 2.75) is 26.3 Å². The number of aromatic nitrogens is 1. The number of benzene rings is 1. The van der Waals surface area contributed by atoms with Gasteiger partial charge in [0, 0.05) is 23.2 Å². The summed E-state index contributed by atoms with van der Waals surface area (Å²) in [7, 11) is 0. The number of fused-ring (bicyclic) bond motifs is 1. The number of nitrogens with one attached hydrogen (secondary N) is 1. The second-order valence-corrected chi connectivity index (χ2v) is 5.50. The van der Waals surface area contributed by atoms with Crippen LogP contribution in [0.4, 0.5) is 0 Å². The van der Waals surface area contributed by atoms with Gasteiger partial charge >= 0.3 is 0 Å². The number of para-hydroxylation sites is 1. The highest BCUT2D eigenvalue weighted by atomic mass is 16.1. The fraction of sp³-hybridized carbons (Fsp3) is 0.333. The molecule has 1 heterocycles. The van der Waals surface area contributed by atoms with Crippen molar-refractivity contribution < 1.29 is 4.79 Å². The fourth-order valence-electron chi connectivity index (χ4n) is 1.90. The fourth-order valence-corrected chi connectivity index (χ4v) is 1.90. The minimum Gasteiger partial charge on any atom is -0.350 e. The molecule has 0 aliphatic rings. The van der Waals surface area contributed by atoms with E-state index in [9.17, 15) is 4.79 Å². The zero-order valence-electron chi connectivity index (χ0n) is 11.5. The first kappa shape index (κ1) is 13.5. The van der Waals surface area contributed by atoms with Crippen LogP contribution in [0.1, 0.15) is 29.9 Å². The lowest BCUT2D eigenvalue weighted by atomic mass is 10.1. The van der Waals surface area contributed by atoms with Crippen LogP contribution in [0.25, 0.3) is 10.9 Å². The van der Waals surface area contributed by atoms with Crippen LogP contribution in [0.5, 0.6) is 0 Å². The van der Waals surface area contributed by atoms with Gasteiger partial charge in [0.15, 0.2) is 0 Å². The van der Waals surface area contributed by atoms with Crippen LogP contribution < -0.4 is 11.1 Å². The lowest BCUT2D eigenvalue weighted by Gasteiger charge is -2.19. The van der Waals surface area contributed by atoms with Crippen molar-refractivity contribution in [2.24, 2.45) is 5.73 Å². The van der Waals surface area contributed by atoms with Gasteiger partial charge in [-0.15, -0.1) is 0 Å². The van der Waals surface area contributed by atoms with Gasteiger partial charge in [-0.05, 0) is 32.9 Å². The van der Waals surface area contributed by atoms with Gasteiger partial charge in [0.2, 0.25) is 0 Å². The molecule has 0 spiro atoms. The summed E-state index contributed by atoms with van der Waals surface area (Å²) < 4.78 is 0. The molecule has 0 aliphatic heterocycles. The second kappa shape index (κ2) is 4.97. The minimum absolute atomic E-state index is 0.111. The number of hydrogen-bond acceptors (Lipinski definition) is 3. The highest BCUT2D eigenvalue weighted by Crippen LogP contribution is 2.18. The van der Waals surface area contributed by atoms with Crippen molar-refractivity contribution in [1.82, 2.24) is 10.3 Å². The maximum atomic E-state index is 12.3. The average molecular weight is 257 g/mol. The zero-order valence-corrected chi connectivity index (χ0v) is 11.5. The van der Waals surface area contributed by atoms with E-state index in [1.807, 2.05) is 45.0 Å². The maximum Gasteiger partial charge on any atom is 0.252 e. The molecule has 1 aromatic carbocycles. The number of amides is 1. The number of carbonyl (C=O) groups is 1. The van der Waals surface area contributed by atoms with E-state index in [1.54, 1.807) is 6.07 Å². The number of rotatable bonds is 3. The van der Waals surface area contributed by atoms with Crippen molar-refractivity contribution in [2.75, 3.05) is 6.54 Å². The SMILES string of the molecule is Cc1cc(C(=O)NCC(C)(C)N)c2ccccc2n1. The Bertz CT molecular complexity index is 614. The summed E-state index contributed by atoms with van der Waals surface area (Å²) >= 11 is 0. The molecule has 4 nitrogen and oxygen atoms in total. The first-order valence-electron chi connectivity index (χ1n) is 6.30. The maximum absolute atomic E-state index is 12.3. The third kappa shape index (κ3) is 3.29. The van der Waals surface area contributed by atoms with E-state index in [2.05, 4.69) is 10.3 Å². The Morgan fingerprint density at radius 1 is 1.37 bits per heavy atom. The predicted octanol–water partition coefficient (Wildman–Crippen LogP) is 2.01. The molecule has 0 fully saturated rings. The number of pyridine rings is 1. The van der Waals surface area contributed by atoms with E-state index in [0.29, 0.717) is 12.1 Å². The molecule has 19 heavy (non-hydrogen) atoms. The Balaban J connectivity index is 2.36. The molecule has 0 bridgehead atoms. The molecular weight excluding hydrogens is 238 g/mol. The van der Waals surface area contributed by atoms with Gasteiger partial charge in [-0.1, -0.05) is 18.2 Å². The molecule has 0 saturated carbocycles. The molecule has 1 amide bonds.